The standard InChI is InChI=1S/C16H19N3O/c1-11-8-12(2)10-15(9-11)19(3)16(20)13-4-6-14(18-17)7-5-13/h4-10,18H,17H2,1-3H3. The Hall–Kier alpha value is -2.33. The average Bonchev–Trinajstić information content (AvgIpc) is 2.45. The maximum atomic E-state index is 12.4. The molecule has 104 valence electrons. The van der Waals surface area contributed by atoms with Crippen LogP contribution in [0.15, 0.2) is 42.5 Å². The van der Waals surface area contributed by atoms with Gasteiger partial charge in [0.2, 0.25) is 0 Å². The molecule has 0 saturated carbocycles. The van der Waals surface area contributed by atoms with Crippen molar-refractivity contribution in [3.8, 4) is 0 Å². The Morgan fingerprint density at radius 2 is 1.60 bits per heavy atom. The third-order valence-corrected chi connectivity index (χ3v) is 3.20. The lowest BCUT2D eigenvalue weighted by Gasteiger charge is -2.19. The van der Waals surface area contributed by atoms with Crippen LogP contribution in [0.4, 0.5) is 11.4 Å². The molecule has 0 aliphatic heterocycles. The molecule has 2 rings (SSSR count). The van der Waals surface area contributed by atoms with Crippen molar-refractivity contribution in [2.24, 2.45) is 5.84 Å². The predicted octanol–water partition coefficient (Wildman–Crippen LogP) is 2.87. The first-order valence-corrected chi connectivity index (χ1v) is 6.44. The van der Waals surface area contributed by atoms with Gasteiger partial charge >= 0.3 is 0 Å². The molecule has 0 unspecified atom stereocenters. The molecule has 0 bridgehead atoms. The number of amides is 1. The fourth-order valence-corrected chi connectivity index (χ4v) is 2.16. The normalized spacial score (nSPS) is 10.2. The maximum absolute atomic E-state index is 12.4. The molecule has 0 atom stereocenters. The van der Waals surface area contributed by atoms with Crippen LogP contribution < -0.4 is 16.2 Å². The lowest BCUT2D eigenvalue weighted by molar-refractivity contribution is 0.0993. The number of benzene rings is 2. The fraction of sp³-hybridized carbons (Fsp3) is 0.188. The molecule has 1 amide bonds. The number of hydrogen-bond donors (Lipinski definition) is 2. The molecule has 0 aliphatic rings. The van der Waals surface area contributed by atoms with Crippen molar-refractivity contribution in [2.75, 3.05) is 17.4 Å². The van der Waals surface area contributed by atoms with Crippen LogP contribution >= 0.6 is 0 Å². The lowest BCUT2D eigenvalue weighted by Crippen LogP contribution is -2.26. The molecule has 0 aliphatic carbocycles. The molecule has 20 heavy (non-hydrogen) atoms. The summed E-state index contributed by atoms with van der Waals surface area (Å²) in [6.07, 6.45) is 0. The van der Waals surface area contributed by atoms with E-state index < -0.39 is 0 Å². The van der Waals surface area contributed by atoms with E-state index in [4.69, 9.17) is 5.84 Å². The van der Waals surface area contributed by atoms with Gasteiger partial charge < -0.3 is 10.3 Å². The summed E-state index contributed by atoms with van der Waals surface area (Å²) in [5, 5.41) is 0. The number of nitrogens with two attached hydrogens (primary N) is 1. The number of nitrogens with zero attached hydrogens (tertiary/aromatic N) is 1. The van der Waals surface area contributed by atoms with Crippen molar-refractivity contribution >= 4 is 17.3 Å². The van der Waals surface area contributed by atoms with Crippen molar-refractivity contribution in [3.63, 3.8) is 0 Å². The highest BCUT2D eigenvalue weighted by molar-refractivity contribution is 6.05. The van der Waals surface area contributed by atoms with Gasteiger partial charge in [-0.3, -0.25) is 10.6 Å². The Morgan fingerprint density at radius 1 is 1.05 bits per heavy atom. The third kappa shape index (κ3) is 2.97. The molecule has 4 heteroatoms. The second-order valence-electron chi connectivity index (χ2n) is 4.93. The van der Waals surface area contributed by atoms with Crippen molar-refractivity contribution in [1.29, 1.82) is 0 Å². The molecule has 0 aromatic heterocycles. The lowest BCUT2D eigenvalue weighted by atomic mass is 10.1. The SMILES string of the molecule is Cc1cc(C)cc(N(C)C(=O)c2ccc(NN)cc2)c1. The molecule has 0 heterocycles. The first-order valence-electron chi connectivity index (χ1n) is 6.44. The van der Waals surface area contributed by atoms with Crippen molar-refractivity contribution in [1.82, 2.24) is 0 Å². The van der Waals surface area contributed by atoms with E-state index in [1.165, 1.54) is 0 Å². The Morgan fingerprint density at radius 3 is 2.10 bits per heavy atom. The van der Waals surface area contributed by atoms with Crippen LogP contribution in [-0.2, 0) is 0 Å². The summed E-state index contributed by atoms with van der Waals surface area (Å²) in [6, 6.07) is 13.2. The minimum Gasteiger partial charge on any atom is -0.324 e. The summed E-state index contributed by atoms with van der Waals surface area (Å²) in [5.74, 6) is 5.27. The zero-order valence-electron chi connectivity index (χ0n) is 12.0. The van der Waals surface area contributed by atoms with Crippen LogP contribution in [0, 0.1) is 13.8 Å². The van der Waals surface area contributed by atoms with Gasteiger partial charge in [0.1, 0.15) is 0 Å². The summed E-state index contributed by atoms with van der Waals surface area (Å²) in [7, 11) is 1.78. The summed E-state index contributed by atoms with van der Waals surface area (Å²) in [6.45, 7) is 4.05. The Labute approximate surface area is 119 Å². The van der Waals surface area contributed by atoms with E-state index in [0.29, 0.717) is 5.56 Å². The molecular weight excluding hydrogens is 250 g/mol. The van der Waals surface area contributed by atoms with Crippen molar-refractivity contribution in [2.45, 2.75) is 13.8 Å². The van der Waals surface area contributed by atoms with Crippen LogP contribution in [-0.4, -0.2) is 13.0 Å². The fourth-order valence-electron chi connectivity index (χ4n) is 2.16. The number of rotatable bonds is 3. The number of aryl methyl sites for hydroxylation is 2. The minimum absolute atomic E-state index is 0.0430. The van der Waals surface area contributed by atoms with E-state index in [1.807, 2.05) is 26.0 Å². The van der Waals surface area contributed by atoms with Gasteiger partial charge in [-0.05, 0) is 61.4 Å². The van der Waals surface area contributed by atoms with Crippen molar-refractivity contribution in [3.05, 3.63) is 59.2 Å². The number of carbonyl (C=O) groups excluding carboxylic acids is 1. The number of nitrogens with one attached hydrogen (secondary N) is 1. The quantitative estimate of drug-likeness (QED) is 0.665. The highest BCUT2D eigenvalue weighted by Gasteiger charge is 2.13. The van der Waals surface area contributed by atoms with Crippen molar-refractivity contribution < 1.29 is 4.79 Å². The zero-order valence-corrected chi connectivity index (χ0v) is 12.0. The maximum Gasteiger partial charge on any atom is 0.258 e. The predicted molar refractivity (Wildman–Crippen MR) is 82.9 cm³/mol. The molecular formula is C16H19N3O. The highest BCUT2D eigenvalue weighted by Crippen LogP contribution is 2.20. The average molecular weight is 269 g/mol. The van der Waals surface area contributed by atoms with Crippen LogP contribution in [0.25, 0.3) is 0 Å². The topological polar surface area (TPSA) is 58.4 Å². The van der Waals surface area contributed by atoms with Gasteiger partial charge in [0.25, 0.3) is 5.91 Å². The van der Waals surface area contributed by atoms with Crippen LogP contribution in [0.1, 0.15) is 21.5 Å². The zero-order chi connectivity index (χ0) is 14.7. The number of nitrogen functional groups attached to an aromatic ring is 1. The van der Waals surface area contributed by atoms with E-state index >= 15 is 0 Å². The van der Waals surface area contributed by atoms with Crippen LogP contribution in [0.5, 0.6) is 0 Å². The Kier molecular flexibility index (Phi) is 4.05. The largest absolute Gasteiger partial charge is 0.324 e. The first-order chi connectivity index (χ1) is 9.51. The number of hydrazine groups is 1. The third-order valence-electron chi connectivity index (χ3n) is 3.20. The molecule has 0 radical (unpaired) electrons. The monoisotopic (exact) mass is 269 g/mol. The van der Waals surface area contributed by atoms with E-state index in [9.17, 15) is 4.79 Å². The number of hydrogen-bond acceptors (Lipinski definition) is 3. The van der Waals surface area contributed by atoms with E-state index in [2.05, 4.69) is 11.5 Å². The number of carbonyl (C=O) groups is 1. The van der Waals surface area contributed by atoms with Gasteiger partial charge in [0.15, 0.2) is 0 Å². The molecule has 0 saturated heterocycles. The summed E-state index contributed by atoms with van der Waals surface area (Å²) < 4.78 is 0. The Balaban J connectivity index is 2.27. The van der Waals surface area contributed by atoms with Gasteiger partial charge in [-0.2, -0.15) is 0 Å². The molecule has 3 N–H and O–H groups in total. The van der Waals surface area contributed by atoms with Gasteiger partial charge in [-0.1, -0.05) is 6.07 Å². The molecule has 4 nitrogen and oxygen atoms in total. The van der Waals surface area contributed by atoms with Gasteiger partial charge in [0, 0.05) is 24.0 Å². The van der Waals surface area contributed by atoms with Gasteiger partial charge in [-0.15, -0.1) is 0 Å². The molecule has 0 spiro atoms. The number of anilines is 2. The first kappa shape index (κ1) is 14.1. The van der Waals surface area contributed by atoms with E-state index in [-0.39, 0.29) is 5.91 Å². The summed E-state index contributed by atoms with van der Waals surface area (Å²) in [4.78, 5) is 14.1. The smallest absolute Gasteiger partial charge is 0.258 e. The minimum atomic E-state index is -0.0430. The molecule has 2 aromatic carbocycles. The van der Waals surface area contributed by atoms with Crippen LogP contribution in [0.2, 0.25) is 0 Å². The summed E-state index contributed by atoms with van der Waals surface area (Å²) >= 11 is 0. The van der Waals surface area contributed by atoms with Gasteiger partial charge in [-0.25, -0.2) is 0 Å². The molecule has 0 fully saturated rings. The van der Waals surface area contributed by atoms with Crippen LogP contribution in [0.3, 0.4) is 0 Å². The second-order valence-corrected chi connectivity index (χ2v) is 4.93. The molecule has 2 aromatic rings. The van der Waals surface area contributed by atoms with E-state index in [1.54, 1.807) is 36.2 Å². The Bertz CT molecular complexity index is 600. The second kappa shape index (κ2) is 5.75. The van der Waals surface area contributed by atoms with E-state index in [0.717, 1.165) is 22.5 Å². The van der Waals surface area contributed by atoms with Gasteiger partial charge in [0.05, 0.1) is 0 Å². The summed E-state index contributed by atoms with van der Waals surface area (Å²) in [5.41, 5.74) is 7.13. The highest BCUT2D eigenvalue weighted by atomic mass is 16.2.